The Balaban J connectivity index is 0.000000174. The van der Waals surface area contributed by atoms with E-state index in [-0.39, 0.29) is 6.61 Å². The van der Waals surface area contributed by atoms with Crippen LogP contribution in [0, 0.1) is 0 Å². The molecule has 2 aliphatic rings. The van der Waals surface area contributed by atoms with Gasteiger partial charge in [0.15, 0.2) is 0 Å². The van der Waals surface area contributed by atoms with Crippen LogP contribution >= 0.6 is 0 Å². The molecule has 0 atom stereocenters. The van der Waals surface area contributed by atoms with Crippen LogP contribution in [0.15, 0.2) is 0 Å². The number of nitrogens with two attached hydrogens (primary N) is 2. The Labute approximate surface area is 81.9 Å². The van der Waals surface area contributed by atoms with Gasteiger partial charge in [-0.3, -0.25) is 0 Å². The van der Waals surface area contributed by atoms with E-state index in [0.717, 1.165) is 0 Å². The third-order valence-corrected chi connectivity index (χ3v) is 2.13. The van der Waals surface area contributed by atoms with E-state index >= 15 is 0 Å². The van der Waals surface area contributed by atoms with Crippen molar-refractivity contribution in [1.82, 2.24) is 0 Å². The molecule has 80 valence electrons. The van der Waals surface area contributed by atoms with Gasteiger partial charge in [-0.05, 0) is 6.92 Å². The number of quaternary nitrogens is 2. The molecule has 2 aliphatic heterocycles. The summed E-state index contributed by atoms with van der Waals surface area (Å²) in [6.45, 7) is 7.43. The van der Waals surface area contributed by atoms with Crippen molar-refractivity contribution in [2.75, 3.05) is 32.8 Å². The van der Waals surface area contributed by atoms with Crippen molar-refractivity contribution < 1.29 is 15.7 Å². The molecule has 3 heteroatoms. The van der Waals surface area contributed by atoms with Crippen molar-refractivity contribution in [3.8, 4) is 0 Å². The van der Waals surface area contributed by atoms with E-state index in [2.05, 4.69) is 10.6 Å². The number of hydrogen-bond acceptors (Lipinski definition) is 1. The van der Waals surface area contributed by atoms with Crippen LogP contribution in [0.5, 0.6) is 0 Å². The first-order chi connectivity index (χ1) is 6.41. The molecule has 0 unspecified atom stereocenters. The molecular formula is C10H26N2O+2. The van der Waals surface area contributed by atoms with Gasteiger partial charge < -0.3 is 15.7 Å². The molecule has 0 aliphatic carbocycles. The van der Waals surface area contributed by atoms with Gasteiger partial charge in [0, 0.05) is 32.3 Å². The second-order valence-corrected chi connectivity index (χ2v) is 3.46. The highest BCUT2D eigenvalue weighted by Crippen LogP contribution is 1.82. The fourth-order valence-corrected chi connectivity index (χ4v) is 1.44. The zero-order valence-corrected chi connectivity index (χ0v) is 8.97. The Bertz CT molecular complexity index is 55.8. The van der Waals surface area contributed by atoms with E-state index in [0.29, 0.717) is 0 Å². The number of rotatable bonds is 0. The molecule has 2 fully saturated rings. The summed E-state index contributed by atoms with van der Waals surface area (Å²) in [6.07, 6.45) is 5.78. The molecule has 2 rings (SSSR count). The summed E-state index contributed by atoms with van der Waals surface area (Å²) in [6, 6.07) is 0. The Morgan fingerprint density at radius 1 is 0.846 bits per heavy atom. The van der Waals surface area contributed by atoms with Crippen molar-refractivity contribution in [3.05, 3.63) is 0 Å². The van der Waals surface area contributed by atoms with Crippen LogP contribution in [-0.2, 0) is 0 Å². The van der Waals surface area contributed by atoms with E-state index in [1.54, 1.807) is 6.92 Å². The third kappa shape index (κ3) is 11.9. The molecule has 0 aromatic heterocycles. The number of aliphatic hydroxyl groups is 1. The first kappa shape index (κ1) is 12.9. The fraction of sp³-hybridized carbons (Fsp3) is 1.00. The standard InChI is InChI=1S/2C4H9N.C2H6O/c2*1-2-4-5-3-1;1-2-3/h2*5H,1-4H2;3H,2H2,1H3/p+2. The van der Waals surface area contributed by atoms with Crippen LogP contribution < -0.4 is 10.6 Å². The zero-order valence-electron chi connectivity index (χ0n) is 8.97. The van der Waals surface area contributed by atoms with Crippen molar-refractivity contribution >= 4 is 0 Å². The summed E-state index contributed by atoms with van der Waals surface area (Å²) in [7, 11) is 0. The summed E-state index contributed by atoms with van der Waals surface area (Å²) in [5, 5.41) is 12.3. The van der Waals surface area contributed by atoms with Gasteiger partial charge >= 0.3 is 0 Å². The smallest absolute Gasteiger partial charge is 0.0757 e. The average molecular weight is 190 g/mol. The monoisotopic (exact) mass is 190 g/mol. The Morgan fingerprint density at radius 2 is 1.08 bits per heavy atom. The van der Waals surface area contributed by atoms with Gasteiger partial charge in [0.25, 0.3) is 0 Å². The topological polar surface area (TPSA) is 53.5 Å². The van der Waals surface area contributed by atoms with Gasteiger partial charge in [0.05, 0.1) is 26.2 Å². The van der Waals surface area contributed by atoms with Crippen molar-refractivity contribution in [2.24, 2.45) is 0 Å². The molecule has 0 radical (unpaired) electrons. The summed E-state index contributed by atoms with van der Waals surface area (Å²) in [5.74, 6) is 0. The van der Waals surface area contributed by atoms with Crippen LogP contribution in [0.2, 0.25) is 0 Å². The zero-order chi connectivity index (χ0) is 9.78. The Morgan fingerprint density at radius 3 is 1.15 bits per heavy atom. The fourth-order valence-electron chi connectivity index (χ4n) is 1.44. The van der Waals surface area contributed by atoms with Crippen LogP contribution in [0.3, 0.4) is 0 Å². The van der Waals surface area contributed by atoms with Gasteiger partial charge in [-0.25, -0.2) is 0 Å². The minimum absolute atomic E-state index is 0.250. The van der Waals surface area contributed by atoms with Crippen LogP contribution in [-0.4, -0.2) is 37.9 Å². The molecule has 0 spiro atoms. The first-order valence-electron chi connectivity index (χ1n) is 5.66. The normalized spacial score (nSPS) is 19.8. The first-order valence-corrected chi connectivity index (χ1v) is 5.66. The molecule has 0 amide bonds. The molecule has 13 heavy (non-hydrogen) atoms. The van der Waals surface area contributed by atoms with Crippen molar-refractivity contribution in [2.45, 2.75) is 32.6 Å². The highest BCUT2D eigenvalue weighted by molar-refractivity contribution is 4.37. The SMILES string of the molecule is C1CC[NH2+]C1.C1CC[NH2+]C1.CCO. The van der Waals surface area contributed by atoms with Crippen molar-refractivity contribution in [1.29, 1.82) is 0 Å². The quantitative estimate of drug-likeness (QED) is 0.436. The minimum atomic E-state index is 0.250. The lowest BCUT2D eigenvalue weighted by molar-refractivity contribution is -0.635. The Hall–Kier alpha value is -0.120. The number of aliphatic hydroxyl groups excluding tert-OH is 1. The molecule has 0 aromatic carbocycles. The largest absolute Gasteiger partial charge is 0.397 e. The lowest BCUT2D eigenvalue weighted by Gasteiger charge is -1.73. The van der Waals surface area contributed by atoms with Gasteiger partial charge in [-0.15, -0.1) is 0 Å². The minimum Gasteiger partial charge on any atom is -0.397 e. The summed E-state index contributed by atoms with van der Waals surface area (Å²) < 4.78 is 0. The van der Waals surface area contributed by atoms with Gasteiger partial charge in [0.2, 0.25) is 0 Å². The molecule has 0 bridgehead atoms. The van der Waals surface area contributed by atoms with E-state index in [4.69, 9.17) is 5.11 Å². The Kier molecular flexibility index (Phi) is 11.8. The molecule has 2 heterocycles. The maximum atomic E-state index is 7.57. The highest BCUT2D eigenvalue weighted by Gasteiger charge is 1.98. The predicted octanol–water partition coefficient (Wildman–Crippen LogP) is -1.31. The lowest BCUT2D eigenvalue weighted by atomic mass is 10.4. The summed E-state index contributed by atoms with van der Waals surface area (Å²) in [4.78, 5) is 0. The van der Waals surface area contributed by atoms with Gasteiger partial charge in [0.1, 0.15) is 0 Å². The molecular weight excluding hydrogens is 164 g/mol. The predicted molar refractivity (Wildman–Crippen MR) is 54.5 cm³/mol. The molecule has 0 saturated carbocycles. The molecule has 3 nitrogen and oxygen atoms in total. The highest BCUT2D eigenvalue weighted by atomic mass is 16.2. The van der Waals surface area contributed by atoms with Gasteiger partial charge in [-0.2, -0.15) is 0 Å². The van der Waals surface area contributed by atoms with Gasteiger partial charge in [-0.1, -0.05) is 0 Å². The lowest BCUT2D eigenvalue weighted by Crippen LogP contribution is -2.80. The number of hydrogen-bond donors (Lipinski definition) is 3. The van der Waals surface area contributed by atoms with Crippen LogP contribution in [0.1, 0.15) is 32.6 Å². The van der Waals surface area contributed by atoms with Crippen molar-refractivity contribution in [3.63, 3.8) is 0 Å². The molecule has 0 aromatic rings. The van der Waals surface area contributed by atoms with E-state index in [9.17, 15) is 0 Å². The molecule has 5 N–H and O–H groups in total. The second kappa shape index (κ2) is 11.9. The van der Waals surface area contributed by atoms with E-state index in [1.807, 2.05) is 0 Å². The van der Waals surface area contributed by atoms with Crippen LogP contribution in [0.4, 0.5) is 0 Å². The maximum absolute atomic E-state index is 7.57. The summed E-state index contributed by atoms with van der Waals surface area (Å²) in [5.41, 5.74) is 0. The van der Waals surface area contributed by atoms with Crippen LogP contribution in [0.25, 0.3) is 0 Å². The second-order valence-electron chi connectivity index (χ2n) is 3.46. The molecule has 2 saturated heterocycles. The maximum Gasteiger partial charge on any atom is 0.0757 e. The van der Waals surface area contributed by atoms with E-state index < -0.39 is 0 Å². The third-order valence-electron chi connectivity index (χ3n) is 2.13. The average Bonchev–Trinajstić information content (AvgIpc) is 2.85. The van der Waals surface area contributed by atoms with E-state index in [1.165, 1.54) is 51.9 Å². The summed E-state index contributed by atoms with van der Waals surface area (Å²) >= 11 is 0.